The van der Waals surface area contributed by atoms with Crippen molar-refractivity contribution in [1.29, 1.82) is 0 Å². The lowest BCUT2D eigenvalue weighted by Crippen LogP contribution is -2.31. The molecule has 3 aromatic rings. The van der Waals surface area contributed by atoms with Crippen LogP contribution in [0.15, 0.2) is 65.8 Å². The topological polar surface area (TPSA) is 50.3 Å². The lowest BCUT2D eigenvalue weighted by atomic mass is 10.0. The van der Waals surface area contributed by atoms with Gasteiger partial charge in [0.05, 0.1) is 10.7 Å². The van der Waals surface area contributed by atoms with Crippen LogP contribution in [0.25, 0.3) is 6.08 Å². The summed E-state index contributed by atoms with van der Waals surface area (Å²) in [5, 5.41) is -0.0179. The number of carbonyl (C=O) groups excluding carboxylic acids is 1. The zero-order valence-electron chi connectivity index (χ0n) is 16.4. The molecule has 1 aromatic heterocycles. The SMILES string of the molecule is CN1c2ccc(C#CCc3ccncc3)cc2C(=O)/C(=C/c2ccc(Cl)c(F)c2)S1=O. The number of ketones is 1. The maximum absolute atomic E-state index is 13.8. The Hall–Kier alpha value is -3.27. The number of hydrogen-bond acceptors (Lipinski definition) is 3. The Labute approximate surface area is 187 Å². The number of benzene rings is 2. The van der Waals surface area contributed by atoms with Crippen LogP contribution in [0.1, 0.15) is 27.0 Å². The summed E-state index contributed by atoms with van der Waals surface area (Å²) in [4.78, 5) is 17.2. The van der Waals surface area contributed by atoms with Gasteiger partial charge < -0.3 is 0 Å². The Morgan fingerprint density at radius 3 is 2.68 bits per heavy atom. The van der Waals surface area contributed by atoms with Crippen LogP contribution in [0.5, 0.6) is 0 Å². The second-order valence-electron chi connectivity index (χ2n) is 6.82. The molecule has 0 saturated carbocycles. The predicted octanol–water partition coefficient (Wildman–Crippen LogP) is 4.81. The largest absolute Gasteiger partial charge is 0.290 e. The van der Waals surface area contributed by atoms with Gasteiger partial charge in [0.15, 0.2) is 11.0 Å². The van der Waals surface area contributed by atoms with Crippen molar-refractivity contribution in [3.63, 3.8) is 0 Å². The molecule has 0 spiro atoms. The fraction of sp³-hybridized carbons (Fsp3) is 0.0833. The van der Waals surface area contributed by atoms with Crippen molar-refractivity contribution < 1.29 is 13.4 Å². The molecule has 7 heteroatoms. The monoisotopic (exact) mass is 450 g/mol. The van der Waals surface area contributed by atoms with Crippen molar-refractivity contribution in [1.82, 2.24) is 4.98 Å². The average molecular weight is 451 g/mol. The van der Waals surface area contributed by atoms with Crippen molar-refractivity contribution in [3.05, 3.63) is 98.9 Å². The highest BCUT2D eigenvalue weighted by Crippen LogP contribution is 2.33. The van der Waals surface area contributed by atoms with E-state index in [9.17, 15) is 13.4 Å². The molecule has 0 saturated heterocycles. The van der Waals surface area contributed by atoms with Crippen molar-refractivity contribution in [3.8, 4) is 11.8 Å². The first-order valence-corrected chi connectivity index (χ1v) is 10.8. The molecule has 4 nitrogen and oxygen atoms in total. The van der Waals surface area contributed by atoms with Crippen LogP contribution >= 0.6 is 11.6 Å². The van der Waals surface area contributed by atoms with Gasteiger partial charge in [-0.05, 0) is 59.7 Å². The zero-order valence-corrected chi connectivity index (χ0v) is 18.0. The van der Waals surface area contributed by atoms with Gasteiger partial charge >= 0.3 is 0 Å². The molecule has 0 fully saturated rings. The summed E-state index contributed by atoms with van der Waals surface area (Å²) in [6.07, 6.45) is 5.42. The molecule has 154 valence electrons. The minimum Gasteiger partial charge on any atom is -0.290 e. The summed E-state index contributed by atoms with van der Waals surface area (Å²) < 4.78 is 28.2. The van der Waals surface area contributed by atoms with Crippen LogP contribution in [0, 0.1) is 17.7 Å². The number of rotatable bonds is 2. The van der Waals surface area contributed by atoms with E-state index < -0.39 is 16.8 Å². The second-order valence-corrected chi connectivity index (χ2v) is 8.72. The first kappa shape index (κ1) is 21.0. The molecule has 1 aliphatic heterocycles. The first-order chi connectivity index (χ1) is 14.9. The van der Waals surface area contributed by atoms with Gasteiger partial charge in [0.25, 0.3) is 0 Å². The molecule has 2 aromatic carbocycles. The second kappa shape index (κ2) is 8.84. The third-order valence-electron chi connectivity index (χ3n) is 4.76. The molecule has 1 aliphatic rings. The Morgan fingerprint density at radius 1 is 1.16 bits per heavy atom. The molecule has 1 atom stereocenters. The summed E-state index contributed by atoms with van der Waals surface area (Å²) in [7, 11) is -0.0707. The van der Waals surface area contributed by atoms with Crippen LogP contribution in [0.3, 0.4) is 0 Å². The zero-order chi connectivity index (χ0) is 22.0. The lowest BCUT2D eigenvalue weighted by molar-refractivity contribution is 0.104. The van der Waals surface area contributed by atoms with Gasteiger partial charge in [-0.25, -0.2) is 8.60 Å². The molecule has 1 unspecified atom stereocenters. The maximum atomic E-state index is 13.8. The van der Waals surface area contributed by atoms with Gasteiger partial charge in [-0.15, -0.1) is 0 Å². The van der Waals surface area contributed by atoms with Gasteiger partial charge in [-0.3, -0.25) is 14.1 Å². The van der Waals surface area contributed by atoms with E-state index in [1.165, 1.54) is 22.5 Å². The van der Waals surface area contributed by atoms with E-state index in [2.05, 4.69) is 16.8 Å². The fourth-order valence-electron chi connectivity index (χ4n) is 3.14. The van der Waals surface area contributed by atoms with Gasteiger partial charge in [0, 0.05) is 37.0 Å². The van der Waals surface area contributed by atoms with Gasteiger partial charge in [-0.1, -0.05) is 29.5 Å². The third kappa shape index (κ3) is 4.43. The van der Waals surface area contributed by atoms with E-state index in [0.717, 1.165) is 5.56 Å². The number of hydrogen-bond donors (Lipinski definition) is 0. The maximum Gasteiger partial charge on any atom is 0.205 e. The highest BCUT2D eigenvalue weighted by molar-refractivity contribution is 7.91. The highest BCUT2D eigenvalue weighted by atomic mass is 35.5. The number of carbonyl (C=O) groups is 1. The Kier molecular flexibility index (Phi) is 5.99. The van der Waals surface area contributed by atoms with Crippen molar-refractivity contribution in [2.24, 2.45) is 0 Å². The lowest BCUT2D eigenvalue weighted by Gasteiger charge is -2.27. The standard InChI is InChI=1S/C24H16ClFN2O2S/c1-28-22-8-6-17(4-2-3-16-9-11-27-12-10-16)13-19(22)24(29)23(31(28)30)15-18-5-7-20(25)21(26)14-18/h5-15H,3H2,1H3/b23-15-. The average Bonchev–Trinajstić information content (AvgIpc) is 2.78. The van der Waals surface area contributed by atoms with Crippen molar-refractivity contribution in [2.75, 3.05) is 11.4 Å². The Balaban J connectivity index is 1.67. The van der Waals surface area contributed by atoms with E-state index >= 15 is 0 Å². The van der Waals surface area contributed by atoms with Crippen LogP contribution in [0.4, 0.5) is 10.1 Å². The molecule has 0 amide bonds. The fourth-order valence-corrected chi connectivity index (χ4v) is 4.39. The number of fused-ring (bicyclic) bond motifs is 1. The van der Waals surface area contributed by atoms with Crippen LogP contribution in [0.2, 0.25) is 5.02 Å². The van der Waals surface area contributed by atoms with Gasteiger partial charge in [-0.2, -0.15) is 0 Å². The number of halogens is 2. The summed E-state index contributed by atoms with van der Waals surface area (Å²) in [5.41, 5.74) is 3.09. The molecule has 0 radical (unpaired) electrons. The number of aromatic nitrogens is 1. The van der Waals surface area contributed by atoms with E-state index in [1.807, 2.05) is 12.1 Å². The predicted molar refractivity (Wildman–Crippen MR) is 122 cm³/mol. The van der Waals surface area contributed by atoms with E-state index in [0.29, 0.717) is 28.8 Å². The number of anilines is 1. The van der Waals surface area contributed by atoms with E-state index in [1.54, 1.807) is 43.7 Å². The molecule has 31 heavy (non-hydrogen) atoms. The van der Waals surface area contributed by atoms with Crippen molar-refractivity contribution in [2.45, 2.75) is 6.42 Å². The number of nitrogens with zero attached hydrogens (tertiary/aromatic N) is 2. The van der Waals surface area contributed by atoms with Crippen molar-refractivity contribution >= 4 is 40.1 Å². The summed E-state index contributed by atoms with van der Waals surface area (Å²) in [6, 6.07) is 13.2. The smallest absolute Gasteiger partial charge is 0.205 e. The summed E-state index contributed by atoms with van der Waals surface area (Å²) in [5.74, 6) is 5.18. The molecular weight excluding hydrogens is 435 g/mol. The Morgan fingerprint density at radius 2 is 1.94 bits per heavy atom. The molecular formula is C24H16ClFN2O2S. The van der Waals surface area contributed by atoms with Crippen LogP contribution in [-0.2, 0) is 17.4 Å². The molecule has 0 bridgehead atoms. The highest BCUT2D eigenvalue weighted by Gasteiger charge is 2.32. The first-order valence-electron chi connectivity index (χ1n) is 9.33. The third-order valence-corrected chi connectivity index (χ3v) is 6.44. The number of pyridine rings is 1. The van der Waals surface area contributed by atoms with Gasteiger partial charge in [0.1, 0.15) is 10.7 Å². The van der Waals surface area contributed by atoms with Crippen LogP contribution < -0.4 is 4.31 Å². The number of Topliss-reactive ketones (excluding diaryl/α,β-unsaturated/α-hetero) is 1. The molecule has 0 N–H and O–H groups in total. The minimum atomic E-state index is -1.72. The van der Waals surface area contributed by atoms with E-state index in [-0.39, 0.29) is 15.7 Å². The minimum absolute atomic E-state index is 0.0179. The summed E-state index contributed by atoms with van der Waals surface area (Å²) in [6.45, 7) is 0. The van der Waals surface area contributed by atoms with Gasteiger partial charge in [0.2, 0.25) is 5.78 Å². The normalized spacial score (nSPS) is 16.6. The molecule has 0 aliphatic carbocycles. The van der Waals surface area contributed by atoms with Crippen LogP contribution in [-0.4, -0.2) is 22.0 Å². The van der Waals surface area contributed by atoms with E-state index in [4.69, 9.17) is 11.6 Å². The summed E-state index contributed by atoms with van der Waals surface area (Å²) >= 11 is 5.72. The quantitative estimate of drug-likeness (QED) is 0.416. The molecule has 2 heterocycles. The Bertz CT molecular complexity index is 1300. The molecule has 4 rings (SSSR count). The number of allylic oxidation sites excluding steroid dienone is 1.